The van der Waals surface area contributed by atoms with Crippen LogP contribution in [0.2, 0.25) is 0 Å². The van der Waals surface area contributed by atoms with E-state index in [1.165, 1.54) is 11.3 Å². The molecule has 4 nitrogen and oxygen atoms in total. The molecule has 0 aromatic carbocycles. The number of carbonyl (C=O) groups is 1. The minimum Gasteiger partial charge on any atom is -0.465 e. The van der Waals surface area contributed by atoms with Crippen molar-refractivity contribution in [3.8, 4) is 0 Å². The van der Waals surface area contributed by atoms with Gasteiger partial charge in [-0.1, -0.05) is 6.42 Å². The molecule has 1 N–H and O–H groups in total. The molecular formula is C10H19NO3. The van der Waals surface area contributed by atoms with Crippen molar-refractivity contribution in [2.75, 3.05) is 13.7 Å². The van der Waals surface area contributed by atoms with E-state index in [2.05, 4.69) is 0 Å². The number of nitrogens with zero attached hydrogens (tertiary/aromatic N) is 1. The summed E-state index contributed by atoms with van der Waals surface area (Å²) in [5.74, 6) is 0. The summed E-state index contributed by atoms with van der Waals surface area (Å²) in [7, 11) is 1.61. The average molecular weight is 201 g/mol. The molecule has 0 heterocycles. The molecule has 1 fully saturated rings. The second-order valence-electron chi connectivity index (χ2n) is 3.74. The first-order valence-corrected chi connectivity index (χ1v) is 5.22. The third-order valence-electron chi connectivity index (χ3n) is 3.05. The van der Waals surface area contributed by atoms with E-state index < -0.39 is 11.8 Å². The zero-order valence-corrected chi connectivity index (χ0v) is 8.95. The van der Waals surface area contributed by atoms with Gasteiger partial charge in [-0.15, -0.1) is 0 Å². The van der Waals surface area contributed by atoms with Crippen LogP contribution in [0.5, 0.6) is 0 Å². The maximum absolute atomic E-state index is 11.0. The zero-order chi connectivity index (χ0) is 10.6. The highest BCUT2D eigenvalue weighted by Gasteiger charge is 2.40. The highest BCUT2D eigenvalue weighted by molar-refractivity contribution is 5.65. The molecule has 1 saturated carbocycles. The van der Waals surface area contributed by atoms with Crippen LogP contribution in [0.4, 0.5) is 4.79 Å². The summed E-state index contributed by atoms with van der Waals surface area (Å²) in [4.78, 5) is 12.5. The summed E-state index contributed by atoms with van der Waals surface area (Å²) in [6, 6.07) is 0. The smallest absolute Gasteiger partial charge is 0.409 e. The van der Waals surface area contributed by atoms with Crippen LogP contribution in [0.3, 0.4) is 0 Å². The van der Waals surface area contributed by atoms with Gasteiger partial charge in [-0.05, 0) is 32.6 Å². The van der Waals surface area contributed by atoms with Gasteiger partial charge in [0.15, 0.2) is 0 Å². The van der Waals surface area contributed by atoms with Crippen LogP contribution < -0.4 is 0 Å². The lowest BCUT2D eigenvalue weighted by Gasteiger charge is -2.43. The summed E-state index contributed by atoms with van der Waals surface area (Å²) in [5, 5.41) is 9.07. The van der Waals surface area contributed by atoms with E-state index in [4.69, 9.17) is 9.84 Å². The Kier molecular flexibility index (Phi) is 3.75. The first-order valence-electron chi connectivity index (χ1n) is 5.22. The van der Waals surface area contributed by atoms with Gasteiger partial charge in [0.2, 0.25) is 0 Å². The first-order chi connectivity index (χ1) is 6.66. The highest BCUT2D eigenvalue weighted by atomic mass is 16.5. The van der Waals surface area contributed by atoms with Crippen molar-refractivity contribution in [1.82, 2.24) is 4.90 Å². The number of ether oxygens (including phenoxy) is 1. The minimum absolute atomic E-state index is 0.489. The lowest BCUT2D eigenvalue weighted by atomic mass is 9.90. The summed E-state index contributed by atoms with van der Waals surface area (Å²) in [5.41, 5.74) is -0.557. The molecular weight excluding hydrogens is 182 g/mol. The standard InChI is InChI=1S/C10H19NO3/c1-3-11(9(12)13)10(14-2)7-5-4-6-8-10/h3-8H2,1-2H3,(H,12,13). The Bertz CT molecular complexity index is 200. The van der Waals surface area contributed by atoms with E-state index in [1.54, 1.807) is 7.11 Å². The fourth-order valence-electron chi connectivity index (χ4n) is 2.29. The Morgan fingerprint density at radius 1 is 1.43 bits per heavy atom. The predicted molar refractivity (Wildman–Crippen MR) is 53.2 cm³/mol. The quantitative estimate of drug-likeness (QED) is 0.713. The molecule has 0 spiro atoms. The molecule has 0 saturated heterocycles. The van der Waals surface area contributed by atoms with Crippen LogP contribution in [0.1, 0.15) is 39.0 Å². The SMILES string of the molecule is CCN(C(=O)O)C1(OC)CCCCC1. The van der Waals surface area contributed by atoms with Gasteiger partial charge >= 0.3 is 6.09 Å². The van der Waals surface area contributed by atoms with Gasteiger partial charge in [0.05, 0.1) is 0 Å². The second kappa shape index (κ2) is 4.64. The van der Waals surface area contributed by atoms with Gasteiger partial charge < -0.3 is 9.84 Å². The van der Waals surface area contributed by atoms with Crippen molar-refractivity contribution < 1.29 is 14.6 Å². The van der Waals surface area contributed by atoms with Crippen molar-refractivity contribution in [3.63, 3.8) is 0 Å². The fourth-order valence-corrected chi connectivity index (χ4v) is 2.29. The molecule has 14 heavy (non-hydrogen) atoms. The molecule has 82 valence electrons. The van der Waals surface area contributed by atoms with Crippen molar-refractivity contribution in [3.05, 3.63) is 0 Å². The molecule has 1 rings (SSSR count). The minimum atomic E-state index is -0.878. The van der Waals surface area contributed by atoms with Gasteiger partial charge in [-0.25, -0.2) is 4.79 Å². The molecule has 0 atom stereocenters. The van der Waals surface area contributed by atoms with Crippen molar-refractivity contribution in [2.45, 2.75) is 44.8 Å². The molecule has 0 unspecified atom stereocenters. The van der Waals surface area contributed by atoms with E-state index >= 15 is 0 Å². The number of carboxylic acid groups (broad SMARTS) is 1. The van der Waals surface area contributed by atoms with Crippen molar-refractivity contribution >= 4 is 6.09 Å². The third kappa shape index (κ3) is 2.00. The Labute approximate surface area is 84.8 Å². The lowest BCUT2D eigenvalue weighted by Crippen LogP contribution is -2.53. The third-order valence-corrected chi connectivity index (χ3v) is 3.05. The van der Waals surface area contributed by atoms with E-state index in [-0.39, 0.29) is 0 Å². The molecule has 0 aliphatic heterocycles. The van der Waals surface area contributed by atoms with Gasteiger partial charge in [0, 0.05) is 13.7 Å². The van der Waals surface area contributed by atoms with Gasteiger partial charge in [0.25, 0.3) is 0 Å². The van der Waals surface area contributed by atoms with Crippen molar-refractivity contribution in [1.29, 1.82) is 0 Å². The molecule has 4 heteroatoms. The van der Waals surface area contributed by atoms with E-state index in [0.717, 1.165) is 25.7 Å². The average Bonchev–Trinajstić information content (AvgIpc) is 2.19. The molecule has 1 amide bonds. The Morgan fingerprint density at radius 2 is 2.00 bits per heavy atom. The largest absolute Gasteiger partial charge is 0.465 e. The van der Waals surface area contributed by atoms with Crippen molar-refractivity contribution in [2.24, 2.45) is 0 Å². The topological polar surface area (TPSA) is 49.8 Å². The summed E-state index contributed by atoms with van der Waals surface area (Å²) < 4.78 is 5.44. The van der Waals surface area contributed by atoms with Crippen LogP contribution in [-0.2, 0) is 4.74 Å². The predicted octanol–water partition coefficient (Wildman–Crippen LogP) is 2.29. The Hall–Kier alpha value is -0.770. The maximum Gasteiger partial charge on any atom is 0.409 e. The summed E-state index contributed by atoms with van der Waals surface area (Å²) in [6.45, 7) is 2.34. The lowest BCUT2D eigenvalue weighted by molar-refractivity contribution is -0.139. The molecule has 0 aromatic heterocycles. The summed E-state index contributed by atoms with van der Waals surface area (Å²) in [6.07, 6.45) is 4.06. The molecule has 0 aromatic rings. The van der Waals surface area contributed by atoms with Gasteiger partial charge in [-0.2, -0.15) is 0 Å². The van der Waals surface area contributed by atoms with Crippen LogP contribution in [0.15, 0.2) is 0 Å². The van der Waals surface area contributed by atoms with Crippen LogP contribution in [0.25, 0.3) is 0 Å². The van der Waals surface area contributed by atoms with E-state index in [1.807, 2.05) is 6.92 Å². The van der Waals surface area contributed by atoms with Gasteiger partial charge in [0.1, 0.15) is 5.72 Å². The zero-order valence-electron chi connectivity index (χ0n) is 8.95. The number of hydrogen-bond donors (Lipinski definition) is 1. The normalized spacial score (nSPS) is 20.4. The monoisotopic (exact) mass is 201 g/mol. The molecule has 0 radical (unpaired) electrons. The Morgan fingerprint density at radius 3 is 2.36 bits per heavy atom. The second-order valence-corrected chi connectivity index (χ2v) is 3.74. The molecule has 1 aliphatic rings. The summed E-state index contributed by atoms with van der Waals surface area (Å²) >= 11 is 0. The number of amides is 1. The highest BCUT2D eigenvalue weighted by Crippen LogP contribution is 2.34. The van der Waals surface area contributed by atoms with Crippen LogP contribution in [0, 0.1) is 0 Å². The first kappa shape index (κ1) is 11.3. The van der Waals surface area contributed by atoms with Crippen LogP contribution in [-0.4, -0.2) is 35.5 Å². The molecule has 1 aliphatic carbocycles. The Balaban J connectivity index is 2.79. The number of methoxy groups -OCH3 is 1. The number of rotatable bonds is 3. The fraction of sp³-hybridized carbons (Fsp3) is 0.900. The number of hydrogen-bond acceptors (Lipinski definition) is 2. The van der Waals surface area contributed by atoms with E-state index in [0.29, 0.717) is 6.54 Å². The van der Waals surface area contributed by atoms with Gasteiger partial charge in [-0.3, -0.25) is 4.90 Å². The maximum atomic E-state index is 11.0. The van der Waals surface area contributed by atoms with E-state index in [9.17, 15) is 4.79 Å². The van der Waals surface area contributed by atoms with Crippen LogP contribution >= 0.6 is 0 Å². The molecule has 0 bridgehead atoms.